The zero-order valence-electron chi connectivity index (χ0n) is 5.34. The number of nitrogens with one attached hydrogen (secondary N) is 2. The standard InChI is InChI=1S/C6H4N2O3/c9-3-1-2-4(8-3)5(10)6(11)7-2/h1,8-9H,(H,7,10,11). The molecule has 2 rings (SSSR count). The lowest BCUT2D eigenvalue weighted by atomic mass is 10.3. The second-order valence-electron chi connectivity index (χ2n) is 2.23. The van der Waals surface area contributed by atoms with E-state index in [4.69, 9.17) is 5.11 Å². The summed E-state index contributed by atoms with van der Waals surface area (Å²) in [4.78, 5) is 23.9. The highest BCUT2D eigenvalue weighted by atomic mass is 16.3. The highest BCUT2D eigenvalue weighted by Gasteiger charge is 2.30. The average molecular weight is 152 g/mol. The molecular weight excluding hydrogens is 148 g/mol. The largest absolute Gasteiger partial charge is 0.495 e. The Bertz CT molecular complexity index is 353. The van der Waals surface area contributed by atoms with Crippen LogP contribution in [0.2, 0.25) is 0 Å². The third-order valence-corrected chi connectivity index (χ3v) is 1.48. The topological polar surface area (TPSA) is 82.2 Å². The molecule has 11 heavy (non-hydrogen) atoms. The zero-order chi connectivity index (χ0) is 8.01. The number of carbonyl (C=O) groups excluding carboxylic acids is 2. The first-order valence-corrected chi connectivity index (χ1v) is 2.96. The summed E-state index contributed by atoms with van der Waals surface area (Å²) < 4.78 is 0. The number of aromatic nitrogens is 1. The fraction of sp³-hybridized carbons (Fsp3) is 0. The van der Waals surface area contributed by atoms with Gasteiger partial charge in [-0.1, -0.05) is 0 Å². The molecule has 0 fully saturated rings. The highest BCUT2D eigenvalue weighted by Crippen LogP contribution is 2.26. The van der Waals surface area contributed by atoms with Crippen molar-refractivity contribution < 1.29 is 14.7 Å². The van der Waals surface area contributed by atoms with Gasteiger partial charge < -0.3 is 15.4 Å². The van der Waals surface area contributed by atoms with Gasteiger partial charge in [0.25, 0.3) is 11.7 Å². The van der Waals surface area contributed by atoms with E-state index in [1.165, 1.54) is 6.07 Å². The molecule has 5 nitrogen and oxygen atoms in total. The van der Waals surface area contributed by atoms with Gasteiger partial charge in [-0.15, -0.1) is 0 Å². The van der Waals surface area contributed by atoms with Crippen molar-refractivity contribution in [1.82, 2.24) is 4.98 Å². The minimum atomic E-state index is -0.661. The Hall–Kier alpha value is -1.78. The summed E-state index contributed by atoms with van der Waals surface area (Å²) in [5, 5.41) is 11.1. The summed E-state index contributed by atoms with van der Waals surface area (Å²) >= 11 is 0. The lowest BCUT2D eigenvalue weighted by Crippen LogP contribution is -2.13. The summed E-state index contributed by atoms with van der Waals surface area (Å²) in [6, 6.07) is 1.29. The quantitative estimate of drug-likeness (QED) is 0.452. The minimum absolute atomic E-state index is 0.122. The van der Waals surface area contributed by atoms with E-state index in [-0.39, 0.29) is 11.6 Å². The molecule has 1 amide bonds. The SMILES string of the molecule is O=C1Nc2cc(O)[nH]c2C1=O. The number of hydrogen-bond acceptors (Lipinski definition) is 3. The molecule has 2 heterocycles. The minimum Gasteiger partial charge on any atom is -0.495 e. The molecule has 56 valence electrons. The molecule has 1 aliphatic rings. The summed E-state index contributed by atoms with van der Waals surface area (Å²) in [5.74, 6) is -1.42. The maximum atomic E-state index is 10.9. The summed E-state index contributed by atoms with van der Waals surface area (Å²) in [6.45, 7) is 0. The Balaban J connectivity index is 2.60. The molecule has 1 aromatic heterocycles. The van der Waals surface area contributed by atoms with E-state index in [1.54, 1.807) is 0 Å². The zero-order valence-corrected chi connectivity index (χ0v) is 5.34. The monoisotopic (exact) mass is 152 g/mol. The summed E-state index contributed by atoms with van der Waals surface area (Å²) in [5.41, 5.74) is 0.477. The number of rotatable bonds is 0. The molecule has 0 saturated heterocycles. The van der Waals surface area contributed by atoms with Crippen LogP contribution in [0.5, 0.6) is 5.88 Å². The Kier molecular flexibility index (Phi) is 0.883. The van der Waals surface area contributed by atoms with E-state index in [2.05, 4.69) is 10.3 Å². The first kappa shape index (κ1) is 5.96. The van der Waals surface area contributed by atoms with Crippen molar-refractivity contribution >= 4 is 17.4 Å². The van der Waals surface area contributed by atoms with Crippen LogP contribution in [0.1, 0.15) is 10.5 Å². The van der Waals surface area contributed by atoms with E-state index >= 15 is 0 Å². The van der Waals surface area contributed by atoms with Crippen molar-refractivity contribution in [3.63, 3.8) is 0 Å². The molecule has 5 heteroatoms. The van der Waals surface area contributed by atoms with Crippen LogP contribution in [-0.2, 0) is 4.79 Å². The number of aromatic hydroxyl groups is 1. The van der Waals surface area contributed by atoms with Crippen LogP contribution >= 0.6 is 0 Å². The number of hydrogen-bond donors (Lipinski definition) is 3. The number of Topliss-reactive ketones (excluding diaryl/α,β-unsaturated/α-hetero) is 1. The van der Waals surface area contributed by atoms with Crippen LogP contribution < -0.4 is 5.32 Å². The van der Waals surface area contributed by atoms with Gasteiger partial charge in [0, 0.05) is 6.07 Å². The number of aromatic amines is 1. The molecule has 1 aromatic rings. The number of ketones is 1. The Labute approximate surface area is 61.0 Å². The predicted molar refractivity (Wildman–Crippen MR) is 35.4 cm³/mol. The molecule has 0 atom stereocenters. The fourth-order valence-electron chi connectivity index (χ4n) is 1.01. The normalized spacial score (nSPS) is 14.9. The van der Waals surface area contributed by atoms with Crippen molar-refractivity contribution in [3.05, 3.63) is 11.8 Å². The van der Waals surface area contributed by atoms with Crippen molar-refractivity contribution in [3.8, 4) is 5.88 Å². The van der Waals surface area contributed by atoms with E-state index in [1.807, 2.05) is 0 Å². The number of carbonyl (C=O) groups is 2. The van der Waals surface area contributed by atoms with E-state index in [0.717, 1.165) is 0 Å². The molecule has 0 unspecified atom stereocenters. The molecular formula is C6H4N2O3. The van der Waals surface area contributed by atoms with Crippen LogP contribution in [0, 0.1) is 0 Å². The molecule has 3 N–H and O–H groups in total. The Morgan fingerprint density at radius 1 is 1.36 bits per heavy atom. The van der Waals surface area contributed by atoms with Gasteiger partial charge in [0.2, 0.25) is 0 Å². The lowest BCUT2D eigenvalue weighted by Gasteiger charge is -1.85. The van der Waals surface area contributed by atoms with Gasteiger partial charge in [0.05, 0.1) is 5.69 Å². The summed E-state index contributed by atoms with van der Waals surface area (Å²) in [6.07, 6.45) is 0. The van der Waals surface area contributed by atoms with Crippen molar-refractivity contribution in [2.75, 3.05) is 5.32 Å². The first-order valence-electron chi connectivity index (χ1n) is 2.96. The van der Waals surface area contributed by atoms with Gasteiger partial charge >= 0.3 is 0 Å². The summed E-state index contributed by atoms with van der Waals surface area (Å²) in [7, 11) is 0. The van der Waals surface area contributed by atoms with Crippen molar-refractivity contribution in [2.45, 2.75) is 0 Å². The highest BCUT2D eigenvalue weighted by molar-refractivity contribution is 6.51. The van der Waals surface area contributed by atoms with Crippen molar-refractivity contribution in [2.24, 2.45) is 0 Å². The maximum absolute atomic E-state index is 10.9. The van der Waals surface area contributed by atoms with Crippen LogP contribution in [0.3, 0.4) is 0 Å². The second kappa shape index (κ2) is 1.63. The van der Waals surface area contributed by atoms with E-state index in [0.29, 0.717) is 5.69 Å². The molecule has 0 aromatic carbocycles. The lowest BCUT2D eigenvalue weighted by molar-refractivity contribution is -0.112. The van der Waals surface area contributed by atoms with E-state index in [9.17, 15) is 9.59 Å². The van der Waals surface area contributed by atoms with Gasteiger partial charge in [0.15, 0.2) is 5.88 Å². The predicted octanol–water partition coefficient (Wildman–Crippen LogP) is -0.145. The van der Waals surface area contributed by atoms with Crippen LogP contribution in [-0.4, -0.2) is 21.8 Å². The van der Waals surface area contributed by atoms with Gasteiger partial charge in [0.1, 0.15) is 5.69 Å². The Morgan fingerprint density at radius 2 is 2.09 bits per heavy atom. The molecule has 0 spiro atoms. The van der Waals surface area contributed by atoms with Crippen LogP contribution in [0.15, 0.2) is 6.07 Å². The van der Waals surface area contributed by atoms with Crippen LogP contribution in [0.25, 0.3) is 0 Å². The van der Waals surface area contributed by atoms with E-state index < -0.39 is 11.7 Å². The first-order chi connectivity index (χ1) is 5.18. The third kappa shape index (κ3) is 0.644. The number of amides is 1. The average Bonchev–Trinajstić information content (AvgIpc) is 2.37. The number of H-pyrrole nitrogens is 1. The molecule has 0 aliphatic carbocycles. The number of fused-ring (bicyclic) bond motifs is 1. The molecule has 0 radical (unpaired) electrons. The Morgan fingerprint density at radius 3 is 2.73 bits per heavy atom. The second-order valence-corrected chi connectivity index (χ2v) is 2.23. The van der Waals surface area contributed by atoms with Crippen molar-refractivity contribution in [1.29, 1.82) is 0 Å². The van der Waals surface area contributed by atoms with Gasteiger partial charge in [-0.05, 0) is 0 Å². The van der Waals surface area contributed by atoms with Gasteiger partial charge in [-0.2, -0.15) is 0 Å². The van der Waals surface area contributed by atoms with Gasteiger partial charge in [-0.3, -0.25) is 9.59 Å². The smallest absolute Gasteiger partial charge is 0.298 e. The molecule has 0 bridgehead atoms. The third-order valence-electron chi connectivity index (χ3n) is 1.48. The number of anilines is 1. The molecule has 0 saturated carbocycles. The maximum Gasteiger partial charge on any atom is 0.298 e. The van der Waals surface area contributed by atoms with Crippen LogP contribution in [0.4, 0.5) is 5.69 Å². The fourth-order valence-corrected chi connectivity index (χ4v) is 1.01. The van der Waals surface area contributed by atoms with Gasteiger partial charge in [-0.25, -0.2) is 0 Å². The molecule has 1 aliphatic heterocycles.